The molecule has 0 radical (unpaired) electrons. The van der Waals surface area contributed by atoms with E-state index in [0.717, 1.165) is 17.2 Å². The fourth-order valence-corrected chi connectivity index (χ4v) is 1.50. The third kappa shape index (κ3) is 2.21. The van der Waals surface area contributed by atoms with E-state index in [4.69, 9.17) is 4.42 Å². The summed E-state index contributed by atoms with van der Waals surface area (Å²) in [7, 11) is 1.90. The van der Waals surface area contributed by atoms with E-state index in [1.165, 1.54) is 0 Å². The van der Waals surface area contributed by atoms with Crippen LogP contribution in [-0.4, -0.2) is 9.78 Å². The topological polar surface area (TPSA) is 43.0 Å². The number of hydrogen-bond acceptors (Lipinski definition) is 3. The van der Waals surface area contributed by atoms with E-state index in [1.807, 2.05) is 32.3 Å². The van der Waals surface area contributed by atoms with Crippen molar-refractivity contribution in [2.75, 3.05) is 5.32 Å². The zero-order valence-electron chi connectivity index (χ0n) is 9.19. The summed E-state index contributed by atoms with van der Waals surface area (Å²) in [4.78, 5) is 0. The second-order valence-corrected chi connectivity index (χ2v) is 3.72. The van der Waals surface area contributed by atoms with Crippen LogP contribution in [0.15, 0.2) is 28.9 Å². The van der Waals surface area contributed by atoms with Crippen LogP contribution in [0, 0.1) is 6.92 Å². The molecule has 0 aliphatic heterocycles. The molecule has 0 saturated heterocycles. The lowest BCUT2D eigenvalue weighted by atomic mass is 10.2. The summed E-state index contributed by atoms with van der Waals surface area (Å²) < 4.78 is 7.30. The third-order valence-electron chi connectivity index (χ3n) is 2.28. The zero-order valence-corrected chi connectivity index (χ0v) is 9.19. The number of aryl methyl sites for hydroxylation is 2. The maximum Gasteiger partial charge on any atom is 0.126 e. The highest BCUT2D eigenvalue weighted by Crippen LogP contribution is 2.20. The summed E-state index contributed by atoms with van der Waals surface area (Å²) in [6.45, 7) is 4.01. The van der Waals surface area contributed by atoms with Gasteiger partial charge in [-0.3, -0.25) is 4.68 Å². The van der Waals surface area contributed by atoms with E-state index in [2.05, 4.69) is 17.3 Å². The molecule has 0 bridgehead atoms. The van der Waals surface area contributed by atoms with Gasteiger partial charge in [-0.05, 0) is 26.0 Å². The number of anilines is 1. The van der Waals surface area contributed by atoms with Gasteiger partial charge < -0.3 is 9.73 Å². The lowest BCUT2D eigenvalue weighted by Crippen LogP contribution is -2.04. The van der Waals surface area contributed by atoms with Crippen LogP contribution in [0.3, 0.4) is 0 Å². The molecule has 4 heteroatoms. The fourth-order valence-electron chi connectivity index (χ4n) is 1.50. The predicted molar refractivity (Wildman–Crippen MR) is 58.7 cm³/mol. The fraction of sp³-hybridized carbons (Fsp3) is 0.364. The number of furan rings is 1. The first-order chi connectivity index (χ1) is 7.15. The van der Waals surface area contributed by atoms with Gasteiger partial charge >= 0.3 is 0 Å². The average Bonchev–Trinajstić information content (AvgIpc) is 2.75. The molecule has 2 rings (SSSR count). The van der Waals surface area contributed by atoms with Crippen molar-refractivity contribution in [3.05, 3.63) is 36.0 Å². The van der Waals surface area contributed by atoms with Crippen molar-refractivity contribution in [3.8, 4) is 0 Å². The van der Waals surface area contributed by atoms with Gasteiger partial charge in [0.05, 0.1) is 17.9 Å². The number of nitrogens with one attached hydrogen (secondary N) is 1. The highest BCUT2D eigenvalue weighted by Gasteiger charge is 2.09. The highest BCUT2D eigenvalue weighted by atomic mass is 16.3. The molecule has 15 heavy (non-hydrogen) atoms. The van der Waals surface area contributed by atoms with E-state index >= 15 is 0 Å². The number of aromatic nitrogens is 2. The molecule has 2 heterocycles. The van der Waals surface area contributed by atoms with E-state index < -0.39 is 0 Å². The van der Waals surface area contributed by atoms with Crippen LogP contribution < -0.4 is 5.32 Å². The third-order valence-corrected chi connectivity index (χ3v) is 2.28. The Balaban J connectivity index is 2.06. The second-order valence-electron chi connectivity index (χ2n) is 3.72. The van der Waals surface area contributed by atoms with E-state index in [1.54, 1.807) is 10.9 Å². The lowest BCUT2D eigenvalue weighted by molar-refractivity contribution is 0.467. The molecule has 80 valence electrons. The zero-order chi connectivity index (χ0) is 10.8. The molecule has 0 aliphatic carbocycles. The monoisotopic (exact) mass is 205 g/mol. The quantitative estimate of drug-likeness (QED) is 0.837. The van der Waals surface area contributed by atoms with Crippen molar-refractivity contribution in [3.63, 3.8) is 0 Å². The summed E-state index contributed by atoms with van der Waals surface area (Å²) in [5.74, 6) is 1.88. The van der Waals surface area contributed by atoms with Gasteiger partial charge in [-0.1, -0.05) is 0 Å². The van der Waals surface area contributed by atoms with Crippen LogP contribution in [0.4, 0.5) is 5.69 Å². The van der Waals surface area contributed by atoms with Gasteiger partial charge in [0.25, 0.3) is 0 Å². The number of hydrogen-bond donors (Lipinski definition) is 1. The smallest absolute Gasteiger partial charge is 0.126 e. The normalized spacial score (nSPS) is 12.7. The molecule has 0 aliphatic rings. The van der Waals surface area contributed by atoms with Gasteiger partial charge in [-0.2, -0.15) is 5.10 Å². The first-order valence-electron chi connectivity index (χ1n) is 4.96. The van der Waals surface area contributed by atoms with E-state index in [0.29, 0.717) is 0 Å². The average molecular weight is 205 g/mol. The van der Waals surface area contributed by atoms with Gasteiger partial charge in [-0.25, -0.2) is 0 Å². The Morgan fingerprint density at radius 1 is 1.47 bits per heavy atom. The summed E-state index contributed by atoms with van der Waals surface area (Å²) in [5.41, 5.74) is 0.999. The van der Waals surface area contributed by atoms with Crippen LogP contribution >= 0.6 is 0 Å². The minimum atomic E-state index is 0.155. The van der Waals surface area contributed by atoms with Crippen molar-refractivity contribution in [2.45, 2.75) is 19.9 Å². The van der Waals surface area contributed by atoms with Crippen molar-refractivity contribution in [1.82, 2.24) is 9.78 Å². The van der Waals surface area contributed by atoms with Gasteiger partial charge in [-0.15, -0.1) is 0 Å². The predicted octanol–water partition coefficient (Wildman–Crippen LogP) is 2.49. The Hall–Kier alpha value is -1.71. The van der Waals surface area contributed by atoms with Crippen molar-refractivity contribution < 1.29 is 4.42 Å². The molecule has 0 aromatic carbocycles. The minimum Gasteiger partial charge on any atom is -0.464 e. The molecule has 1 atom stereocenters. The van der Waals surface area contributed by atoms with Crippen LogP contribution in [-0.2, 0) is 7.05 Å². The molecule has 2 aromatic rings. The summed E-state index contributed by atoms with van der Waals surface area (Å²) in [6, 6.07) is 4.11. The van der Waals surface area contributed by atoms with E-state index in [-0.39, 0.29) is 6.04 Å². The molecule has 2 aromatic heterocycles. The molecular weight excluding hydrogens is 190 g/mol. The maximum atomic E-state index is 5.53. The van der Waals surface area contributed by atoms with Gasteiger partial charge in [0, 0.05) is 13.2 Å². The molecule has 1 N–H and O–H groups in total. The van der Waals surface area contributed by atoms with Crippen LogP contribution in [0.2, 0.25) is 0 Å². The van der Waals surface area contributed by atoms with Crippen molar-refractivity contribution >= 4 is 5.69 Å². The first kappa shape index (κ1) is 9.83. The Kier molecular flexibility index (Phi) is 2.49. The number of rotatable bonds is 3. The molecular formula is C11H15N3O. The van der Waals surface area contributed by atoms with Crippen LogP contribution in [0.5, 0.6) is 0 Å². The van der Waals surface area contributed by atoms with Crippen molar-refractivity contribution in [1.29, 1.82) is 0 Å². The molecule has 0 saturated carbocycles. The van der Waals surface area contributed by atoms with Crippen molar-refractivity contribution in [2.24, 2.45) is 7.05 Å². The lowest BCUT2D eigenvalue weighted by Gasteiger charge is -2.10. The Morgan fingerprint density at radius 3 is 2.80 bits per heavy atom. The Bertz CT molecular complexity index is 444. The number of nitrogens with zero attached hydrogens (tertiary/aromatic N) is 2. The Labute approximate surface area is 88.9 Å². The Morgan fingerprint density at radius 2 is 2.27 bits per heavy atom. The standard InChI is InChI=1S/C11H15N3O/c1-8-4-5-11(15-8)9(2)13-10-6-12-14(3)7-10/h4-7,9,13H,1-3H3. The largest absolute Gasteiger partial charge is 0.464 e. The van der Waals surface area contributed by atoms with Crippen LogP contribution in [0.1, 0.15) is 24.5 Å². The second kappa shape index (κ2) is 3.81. The molecule has 4 nitrogen and oxygen atoms in total. The molecule has 0 spiro atoms. The summed E-state index contributed by atoms with van der Waals surface area (Å²) in [5, 5.41) is 7.41. The molecule has 0 amide bonds. The van der Waals surface area contributed by atoms with Crippen LogP contribution in [0.25, 0.3) is 0 Å². The molecule has 1 unspecified atom stereocenters. The van der Waals surface area contributed by atoms with E-state index in [9.17, 15) is 0 Å². The highest BCUT2D eigenvalue weighted by molar-refractivity contribution is 5.40. The minimum absolute atomic E-state index is 0.155. The maximum absolute atomic E-state index is 5.53. The molecule has 0 fully saturated rings. The van der Waals surface area contributed by atoms with Gasteiger partial charge in [0.15, 0.2) is 0 Å². The SMILES string of the molecule is Cc1ccc(C(C)Nc2cnn(C)c2)o1. The first-order valence-corrected chi connectivity index (χ1v) is 4.96. The van der Waals surface area contributed by atoms with Gasteiger partial charge in [0.2, 0.25) is 0 Å². The summed E-state index contributed by atoms with van der Waals surface area (Å²) >= 11 is 0. The van der Waals surface area contributed by atoms with Gasteiger partial charge in [0.1, 0.15) is 11.5 Å². The summed E-state index contributed by atoms with van der Waals surface area (Å²) in [6.07, 6.45) is 3.73.